The van der Waals surface area contributed by atoms with Crippen LogP contribution in [-0.2, 0) is 29.2 Å². The molecule has 1 aromatic rings. The van der Waals surface area contributed by atoms with E-state index in [1.54, 1.807) is 9.79 Å². The Morgan fingerprint density at radius 3 is 2.12 bits per heavy atom. The fourth-order valence-corrected chi connectivity index (χ4v) is 3.06. The number of carbonyl (C=O) groups excluding carboxylic acids is 2. The Labute approximate surface area is 152 Å². The molecule has 0 heterocycles. The van der Waals surface area contributed by atoms with Gasteiger partial charge in [0.2, 0.25) is 0 Å². The second kappa shape index (κ2) is 9.60. The van der Waals surface area contributed by atoms with Crippen LogP contribution in [0.1, 0.15) is 27.7 Å². The summed E-state index contributed by atoms with van der Waals surface area (Å²) in [6.07, 6.45) is 0. The number of benzene rings is 1. The normalized spacial score (nSPS) is 11.7. The van der Waals surface area contributed by atoms with Crippen molar-refractivity contribution in [1.82, 2.24) is 9.79 Å². The van der Waals surface area contributed by atoms with Crippen molar-refractivity contribution in [1.29, 1.82) is 0 Å². The standard InChI is InChI=1S/C16H23FN2O6S/c1-11(2)19(12(3)4)15(20)9-24-16(21)10-25-18-26(22,23)14-7-5-13(17)6-8-14/h5-8,11-12,18H,9-10H2,1-4H3. The van der Waals surface area contributed by atoms with E-state index in [9.17, 15) is 22.4 Å². The van der Waals surface area contributed by atoms with Gasteiger partial charge in [0.15, 0.2) is 13.2 Å². The predicted molar refractivity (Wildman–Crippen MR) is 90.8 cm³/mol. The molecule has 10 heteroatoms. The van der Waals surface area contributed by atoms with Gasteiger partial charge in [-0.05, 0) is 52.0 Å². The van der Waals surface area contributed by atoms with E-state index in [1.165, 1.54) is 0 Å². The first-order valence-corrected chi connectivity index (χ1v) is 9.39. The lowest BCUT2D eigenvalue weighted by Crippen LogP contribution is -2.44. The largest absolute Gasteiger partial charge is 0.454 e. The highest BCUT2D eigenvalue weighted by molar-refractivity contribution is 7.89. The highest BCUT2D eigenvalue weighted by atomic mass is 32.2. The van der Waals surface area contributed by atoms with E-state index >= 15 is 0 Å². The van der Waals surface area contributed by atoms with Gasteiger partial charge in [0, 0.05) is 12.1 Å². The lowest BCUT2D eigenvalue weighted by atomic mass is 10.2. The maximum atomic E-state index is 12.8. The molecule has 1 amide bonds. The number of nitrogens with one attached hydrogen (secondary N) is 1. The van der Waals surface area contributed by atoms with Crippen LogP contribution in [-0.4, -0.2) is 50.5 Å². The molecule has 0 fully saturated rings. The first kappa shape index (κ1) is 22.0. The maximum absolute atomic E-state index is 12.8. The molecular weight excluding hydrogens is 367 g/mol. The van der Waals surface area contributed by atoms with Crippen molar-refractivity contribution >= 4 is 21.9 Å². The van der Waals surface area contributed by atoms with Gasteiger partial charge in [-0.2, -0.15) is 0 Å². The molecule has 1 N–H and O–H groups in total. The SMILES string of the molecule is CC(C)N(C(=O)COC(=O)CONS(=O)(=O)c1ccc(F)cc1)C(C)C. The number of hydrogen-bond donors (Lipinski definition) is 1. The van der Waals surface area contributed by atoms with E-state index in [2.05, 4.69) is 4.84 Å². The van der Waals surface area contributed by atoms with Gasteiger partial charge in [0.05, 0.1) is 4.90 Å². The van der Waals surface area contributed by atoms with Crippen LogP contribution in [0.15, 0.2) is 29.2 Å². The molecule has 0 atom stereocenters. The molecule has 0 saturated carbocycles. The molecular formula is C16H23FN2O6S. The summed E-state index contributed by atoms with van der Waals surface area (Å²) in [6, 6.07) is 3.93. The second-order valence-corrected chi connectivity index (χ2v) is 7.62. The Morgan fingerprint density at radius 1 is 1.08 bits per heavy atom. The average molecular weight is 390 g/mol. The van der Waals surface area contributed by atoms with E-state index in [1.807, 2.05) is 27.7 Å². The summed E-state index contributed by atoms with van der Waals surface area (Å²) < 4.78 is 41.3. The zero-order valence-corrected chi connectivity index (χ0v) is 15.9. The molecule has 0 aliphatic carbocycles. The average Bonchev–Trinajstić information content (AvgIpc) is 2.52. The Balaban J connectivity index is 2.45. The zero-order valence-electron chi connectivity index (χ0n) is 15.1. The molecule has 0 aliphatic heterocycles. The van der Waals surface area contributed by atoms with Crippen molar-refractivity contribution in [3.8, 4) is 0 Å². The van der Waals surface area contributed by atoms with Crippen molar-refractivity contribution in [2.75, 3.05) is 13.2 Å². The number of ether oxygens (including phenoxy) is 1. The Morgan fingerprint density at radius 2 is 1.62 bits per heavy atom. The summed E-state index contributed by atoms with van der Waals surface area (Å²) in [7, 11) is -4.06. The minimum atomic E-state index is -4.06. The van der Waals surface area contributed by atoms with E-state index in [-0.39, 0.29) is 22.9 Å². The molecule has 0 aromatic heterocycles. The Hall–Kier alpha value is -2.04. The molecule has 146 valence electrons. The van der Waals surface area contributed by atoms with Crippen LogP contribution in [0.5, 0.6) is 0 Å². The van der Waals surface area contributed by atoms with Gasteiger partial charge in [-0.3, -0.25) is 9.63 Å². The van der Waals surface area contributed by atoms with E-state index < -0.39 is 35.0 Å². The number of nitrogens with zero attached hydrogens (tertiary/aromatic N) is 1. The molecule has 0 bridgehead atoms. The summed E-state index contributed by atoms with van der Waals surface area (Å²) in [5.74, 6) is -1.86. The van der Waals surface area contributed by atoms with Crippen molar-refractivity contribution in [2.45, 2.75) is 44.7 Å². The van der Waals surface area contributed by atoms with Crippen LogP contribution in [0.2, 0.25) is 0 Å². The first-order chi connectivity index (χ1) is 12.0. The highest BCUT2D eigenvalue weighted by Gasteiger charge is 2.21. The van der Waals surface area contributed by atoms with E-state index in [0.717, 1.165) is 24.3 Å². The van der Waals surface area contributed by atoms with Crippen LogP contribution >= 0.6 is 0 Å². The third-order valence-electron chi connectivity index (χ3n) is 3.24. The van der Waals surface area contributed by atoms with Crippen LogP contribution in [0.4, 0.5) is 4.39 Å². The third kappa shape index (κ3) is 6.70. The summed E-state index contributed by atoms with van der Waals surface area (Å²) in [6.45, 7) is 6.17. The van der Waals surface area contributed by atoms with Gasteiger partial charge >= 0.3 is 5.97 Å². The topological polar surface area (TPSA) is 102 Å². The summed E-state index contributed by atoms with van der Waals surface area (Å²) in [5, 5.41) is 0. The lowest BCUT2D eigenvalue weighted by Gasteiger charge is -2.30. The number of rotatable bonds is 9. The van der Waals surface area contributed by atoms with Gasteiger partial charge in [-0.1, -0.05) is 4.89 Å². The van der Waals surface area contributed by atoms with Gasteiger partial charge in [0.1, 0.15) is 5.82 Å². The number of amides is 1. The molecule has 1 rings (SSSR count). The molecule has 0 saturated heterocycles. The smallest absolute Gasteiger partial charge is 0.334 e. The quantitative estimate of drug-likeness (QED) is 0.503. The van der Waals surface area contributed by atoms with Gasteiger partial charge in [0.25, 0.3) is 15.9 Å². The van der Waals surface area contributed by atoms with Crippen LogP contribution in [0.25, 0.3) is 0 Å². The monoisotopic (exact) mass is 390 g/mol. The number of esters is 1. The van der Waals surface area contributed by atoms with Gasteiger partial charge in [-0.15, -0.1) is 0 Å². The Kier molecular flexibility index (Phi) is 8.12. The number of halogens is 1. The number of sulfonamides is 1. The van der Waals surface area contributed by atoms with Gasteiger partial charge in [-0.25, -0.2) is 17.6 Å². The molecule has 8 nitrogen and oxygen atoms in total. The van der Waals surface area contributed by atoms with Crippen LogP contribution < -0.4 is 4.89 Å². The molecule has 0 unspecified atom stereocenters. The second-order valence-electron chi connectivity index (χ2n) is 5.98. The molecule has 0 radical (unpaired) electrons. The minimum absolute atomic E-state index is 0.0556. The summed E-state index contributed by atoms with van der Waals surface area (Å²) in [5.41, 5.74) is 0. The van der Waals surface area contributed by atoms with Crippen molar-refractivity contribution in [3.05, 3.63) is 30.1 Å². The predicted octanol–water partition coefficient (Wildman–Crippen LogP) is 1.22. The van der Waals surface area contributed by atoms with E-state index in [0.29, 0.717) is 0 Å². The lowest BCUT2D eigenvalue weighted by molar-refractivity contribution is -0.158. The van der Waals surface area contributed by atoms with Crippen LogP contribution in [0.3, 0.4) is 0 Å². The summed E-state index contributed by atoms with van der Waals surface area (Å²) >= 11 is 0. The van der Waals surface area contributed by atoms with Crippen molar-refractivity contribution in [2.24, 2.45) is 0 Å². The Bertz CT molecular complexity index is 711. The third-order valence-corrected chi connectivity index (χ3v) is 4.47. The molecule has 26 heavy (non-hydrogen) atoms. The fourth-order valence-electron chi connectivity index (χ4n) is 2.26. The fraction of sp³-hybridized carbons (Fsp3) is 0.500. The summed E-state index contributed by atoms with van der Waals surface area (Å²) in [4.78, 5) is 31.3. The number of carbonyl (C=O) groups is 2. The van der Waals surface area contributed by atoms with Crippen molar-refractivity contribution < 1.29 is 32.0 Å². The highest BCUT2D eigenvalue weighted by Crippen LogP contribution is 2.09. The van der Waals surface area contributed by atoms with E-state index in [4.69, 9.17) is 4.74 Å². The zero-order chi connectivity index (χ0) is 19.9. The number of hydrogen-bond acceptors (Lipinski definition) is 6. The molecule has 1 aromatic carbocycles. The minimum Gasteiger partial charge on any atom is -0.454 e. The van der Waals surface area contributed by atoms with Crippen LogP contribution in [0, 0.1) is 5.82 Å². The maximum Gasteiger partial charge on any atom is 0.334 e. The first-order valence-electron chi connectivity index (χ1n) is 7.90. The molecule has 0 aliphatic rings. The molecule has 0 spiro atoms. The van der Waals surface area contributed by atoms with Crippen molar-refractivity contribution in [3.63, 3.8) is 0 Å². The van der Waals surface area contributed by atoms with Gasteiger partial charge < -0.3 is 9.64 Å².